The maximum absolute atomic E-state index is 6.00. The molecular formula is C14H23ClO3Si. The zero-order valence-electron chi connectivity index (χ0n) is 11.9. The molecule has 0 amide bonds. The molecule has 0 heterocycles. The molecule has 0 radical (unpaired) electrons. The van der Waals surface area contributed by atoms with Crippen molar-refractivity contribution < 1.29 is 13.3 Å². The fraction of sp³-hybridized carbons (Fsp3) is 0.571. The van der Waals surface area contributed by atoms with E-state index >= 15 is 0 Å². The van der Waals surface area contributed by atoms with Crippen molar-refractivity contribution in [3.63, 3.8) is 0 Å². The van der Waals surface area contributed by atoms with Crippen molar-refractivity contribution in [1.29, 1.82) is 0 Å². The van der Waals surface area contributed by atoms with Gasteiger partial charge in [0.15, 0.2) is 0 Å². The highest BCUT2D eigenvalue weighted by molar-refractivity contribution is 6.60. The van der Waals surface area contributed by atoms with Gasteiger partial charge in [0.25, 0.3) is 0 Å². The molecule has 1 rings (SSSR count). The van der Waals surface area contributed by atoms with Crippen molar-refractivity contribution in [1.82, 2.24) is 0 Å². The molecule has 0 aromatic heterocycles. The number of halogens is 1. The normalized spacial score (nSPS) is 11.8. The maximum Gasteiger partial charge on any atom is 0.501 e. The Morgan fingerprint density at radius 2 is 1.58 bits per heavy atom. The van der Waals surface area contributed by atoms with Gasteiger partial charge in [-0.15, -0.1) is 0 Å². The molecule has 0 saturated carbocycles. The third kappa shape index (κ3) is 5.63. The predicted molar refractivity (Wildman–Crippen MR) is 80.6 cm³/mol. The summed E-state index contributed by atoms with van der Waals surface area (Å²) < 4.78 is 17.5. The van der Waals surface area contributed by atoms with E-state index in [1.807, 2.05) is 39.0 Å². The minimum atomic E-state index is -2.54. The summed E-state index contributed by atoms with van der Waals surface area (Å²) in [7, 11) is -2.54. The van der Waals surface area contributed by atoms with Crippen LogP contribution in [0.15, 0.2) is 24.3 Å². The highest BCUT2D eigenvalue weighted by Crippen LogP contribution is 2.20. The second-order valence-corrected chi connectivity index (χ2v) is 7.28. The molecule has 3 nitrogen and oxygen atoms in total. The Kier molecular flexibility index (Phi) is 7.64. The Balaban J connectivity index is 2.70. The van der Waals surface area contributed by atoms with Crippen molar-refractivity contribution in [3.05, 3.63) is 34.9 Å². The van der Waals surface area contributed by atoms with Gasteiger partial charge in [0, 0.05) is 30.9 Å². The molecule has 0 aliphatic heterocycles. The third-order valence-electron chi connectivity index (χ3n) is 2.70. The SMILES string of the molecule is CCO[Si](CCc1cccc(Cl)c1)(OCC)OCC. The summed E-state index contributed by atoms with van der Waals surface area (Å²) in [5, 5.41) is 0.758. The second kappa shape index (κ2) is 8.71. The maximum atomic E-state index is 6.00. The van der Waals surface area contributed by atoms with Crippen LogP contribution in [-0.4, -0.2) is 28.6 Å². The Bertz CT molecular complexity index is 356. The molecule has 0 aliphatic rings. The van der Waals surface area contributed by atoms with E-state index < -0.39 is 8.80 Å². The Morgan fingerprint density at radius 3 is 2.05 bits per heavy atom. The second-order valence-electron chi connectivity index (χ2n) is 4.11. The molecule has 0 atom stereocenters. The van der Waals surface area contributed by atoms with Crippen molar-refractivity contribution in [2.75, 3.05) is 19.8 Å². The van der Waals surface area contributed by atoms with Crippen LogP contribution in [0, 0.1) is 0 Å². The average molecular weight is 303 g/mol. The summed E-state index contributed by atoms with van der Waals surface area (Å²) >= 11 is 6.00. The highest BCUT2D eigenvalue weighted by atomic mass is 35.5. The van der Waals surface area contributed by atoms with Gasteiger partial charge in [-0.25, -0.2) is 0 Å². The van der Waals surface area contributed by atoms with Crippen LogP contribution in [0.5, 0.6) is 0 Å². The fourth-order valence-corrected chi connectivity index (χ4v) is 4.80. The number of aryl methyl sites for hydroxylation is 1. The quantitative estimate of drug-likeness (QED) is 0.647. The lowest BCUT2D eigenvalue weighted by Gasteiger charge is -2.28. The Labute approximate surface area is 122 Å². The van der Waals surface area contributed by atoms with Crippen LogP contribution in [0.1, 0.15) is 26.3 Å². The van der Waals surface area contributed by atoms with Crippen LogP contribution in [0.25, 0.3) is 0 Å². The molecule has 0 N–H and O–H groups in total. The average Bonchev–Trinajstić information content (AvgIpc) is 2.38. The van der Waals surface area contributed by atoms with E-state index in [0.29, 0.717) is 19.8 Å². The van der Waals surface area contributed by atoms with Gasteiger partial charge in [0.05, 0.1) is 0 Å². The first-order valence-corrected chi connectivity index (χ1v) is 9.13. The van der Waals surface area contributed by atoms with Crippen molar-refractivity contribution in [2.24, 2.45) is 0 Å². The van der Waals surface area contributed by atoms with Gasteiger partial charge >= 0.3 is 8.80 Å². The van der Waals surface area contributed by atoms with Crippen LogP contribution in [0.3, 0.4) is 0 Å². The first-order chi connectivity index (χ1) is 9.15. The van der Waals surface area contributed by atoms with Crippen LogP contribution in [-0.2, 0) is 19.7 Å². The van der Waals surface area contributed by atoms with Gasteiger partial charge < -0.3 is 13.3 Å². The zero-order valence-corrected chi connectivity index (χ0v) is 13.7. The van der Waals surface area contributed by atoms with E-state index in [-0.39, 0.29) is 0 Å². The minimum Gasteiger partial charge on any atom is -0.374 e. The van der Waals surface area contributed by atoms with Gasteiger partial charge in [-0.05, 0) is 44.9 Å². The standard InChI is InChI=1S/C14H23ClO3Si/c1-4-16-19(17-5-2,18-6-3)11-10-13-8-7-9-14(15)12-13/h7-9,12H,4-6,10-11H2,1-3H3. The lowest BCUT2D eigenvalue weighted by molar-refractivity contribution is 0.0714. The van der Waals surface area contributed by atoms with Crippen LogP contribution in [0.4, 0.5) is 0 Å². The molecule has 0 aliphatic carbocycles. The van der Waals surface area contributed by atoms with E-state index in [9.17, 15) is 0 Å². The monoisotopic (exact) mass is 302 g/mol. The van der Waals surface area contributed by atoms with Crippen LogP contribution in [0.2, 0.25) is 11.1 Å². The summed E-state index contributed by atoms with van der Waals surface area (Å²) in [5.41, 5.74) is 1.18. The topological polar surface area (TPSA) is 27.7 Å². The summed E-state index contributed by atoms with van der Waals surface area (Å²) in [6.07, 6.45) is 0.854. The molecule has 0 fully saturated rings. The molecule has 1 aromatic rings. The number of rotatable bonds is 9. The van der Waals surface area contributed by atoms with Crippen molar-refractivity contribution in [3.8, 4) is 0 Å². The van der Waals surface area contributed by atoms with Gasteiger partial charge in [-0.1, -0.05) is 23.7 Å². The number of hydrogen-bond acceptors (Lipinski definition) is 3. The molecule has 0 bridgehead atoms. The van der Waals surface area contributed by atoms with E-state index in [4.69, 9.17) is 24.9 Å². The molecule has 19 heavy (non-hydrogen) atoms. The van der Waals surface area contributed by atoms with Crippen LogP contribution < -0.4 is 0 Å². The van der Waals surface area contributed by atoms with Gasteiger partial charge in [0.2, 0.25) is 0 Å². The smallest absolute Gasteiger partial charge is 0.374 e. The molecule has 0 unspecified atom stereocenters. The molecule has 1 aromatic carbocycles. The largest absolute Gasteiger partial charge is 0.501 e. The first kappa shape index (κ1) is 16.7. The highest BCUT2D eigenvalue weighted by Gasteiger charge is 2.39. The first-order valence-electron chi connectivity index (χ1n) is 6.82. The number of benzene rings is 1. The lowest BCUT2D eigenvalue weighted by atomic mass is 10.2. The minimum absolute atomic E-state index is 0.613. The van der Waals surface area contributed by atoms with Crippen LogP contribution >= 0.6 is 11.6 Å². The molecule has 108 valence electrons. The van der Waals surface area contributed by atoms with Gasteiger partial charge in [-0.3, -0.25) is 0 Å². The summed E-state index contributed by atoms with van der Waals surface area (Å²) in [4.78, 5) is 0. The number of hydrogen-bond donors (Lipinski definition) is 0. The van der Waals surface area contributed by atoms with E-state index in [1.165, 1.54) is 5.56 Å². The Morgan fingerprint density at radius 1 is 1.00 bits per heavy atom. The lowest BCUT2D eigenvalue weighted by Crippen LogP contribution is -2.46. The fourth-order valence-electron chi connectivity index (χ4n) is 1.99. The third-order valence-corrected chi connectivity index (χ3v) is 5.98. The molecule has 5 heteroatoms. The van der Waals surface area contributed by atoms with Crippen molar-refractivity contribution >= 4 is 20.4 Å². The van der Waals surface area contributed by atoms with E-state index in [2.05, 4.69) is 6.07 Å². The summed E-state index contributed by atoms with van der Waals surface area (Å²) in [6.45, 7) is 7.75. The molecule has 0 saturated heterocycles. The predicted octanol–water partition coefficient (Wildman–Crippen LogP) is 3.93. The molecular weight excluding hydrogens is 280 g/mol. The van der Waals surface area contributed by atoms with E-state index in [0.717, 1.165) is 17.5 Å². The molecule has 0 spiro atoms. The zero-order chi connectivity index (χ0) is 14.1. The van der Waals surface area contributed by atoms with Crippen molar-refractivity contribution in [2.45, 2.75) is 33.2 Å². The van der Waals surface area contributed by atoms with Gasteiger partial charge in [0.1, 0.15) is 0 Å². The summed E-state index contributed by atoms with van der Waals surface area (Å²) in [6, 6.07) is 8.66. The van der Waals surface area contributed by atoms with E-state index in [1.54, 1.807) is 0 Å². The Hall–Kier alpha value is -0.393. The summed E-state index contributed by atoms with van der Waals surface area (Å²) in [5.74, 6) is 0. The van der Waals surface area contributed by atoms with Gasteiger partial charge in [-0.2, -0.15) is 0 Å².